The minimum absolute atomic E-state index is 0.161. The van der Waals surface area contributed by atoms with Crippen molar-refractivity contribution in [3.05, 3.63) is 89.2 Å². The summed E-state index contributed by atoms with van der Waals surface area (Å²) < 4.78 is 1.85. The van der Waals surface area contributed by atoms with E-state index in [1.807, 2.05) is 48.0 Å². The molecule has 0 atom stereocenters. The topological polar surface area (TPSA) is 59.8 Å². The first kappa shape index (κ1) is 18.9. The zero-order chi connectivity index (χ0) is 20.4. The molecule has 0 bridgehead atoms. The Morgan fingerprint density at radius 3 is 2.62 bits per heavy atom. The number of pyridine rings is 1. The summed E-state index contributed by atoms with van der Waals surface area (Å²) >= 11 is 0. The Morgan fingerprint density at radius 2 is 1.86 bits per heavy atom. The molecule has 0 aliphatic carbocycles. The molecule has 0 saturated carbocycles. The van der Waals surface area contributed by atoms with Crippen molar-refractivity contribution in [1.82, 2.24) is 14.8 Å². The van der Waals surface area contributed by atoms with Crippen LogP contribution < -0.4 is 5.32 Å². The Bertz CT molecular complexity index is 1160. The highest BCUT2D eigenvalue weighted by Crippen LogP contribution is 2.28. The van der Waals surface area contributed by atoms with Crippen molar-refractivity contribution in [1.29, 1.82) is 0 Å². The summed E-state index contributed by atoms with van der Waals surface area (Å²) in [5, 5.41) is 8.38. The third kappa shape index (κ3) is 3.90. The fourth-order valence-corrected chi connectivity index (χ4v) is 3.50. The van der Waals surface area contributed by atoms with Crippen molar-refractivity contribution in [2.24, 2.45) is 0 Å². The van der Waals surface area contributed by atoms with Gasteiger partial charge in [0.15, 0.2) is 5.65 Å². The SMILES string of the molecule is Cc1cccc(C(C)C)c1NC(=O)c1cnc2c(cnn2Cc2ccccc2)c1. The molecule has 0 radical (unpaired) electrons. The molecule has 29 heavy (non-hydrogen) atoms. The first-order valence-electron chi connectivity index (χ1n) is 9.79. The van der Waals surface area contributed by atoms with E-state index in [4.69, 9.17) is 0 Å². The molecule has 0 aliphatic rings. The predicted octanol–water partition coefficient (Wildman–Crippen LogP) is 5.16. The summed E-state index contributed by atoms with van der Waals surface area (Å²) in [6, 6.07) is 18.1. The lowest BCUT2D eigenvalue weighted by Crippen LogP contribution is -2.15. The molecule has 0 fully saturated rings. The minimum atomic E-state index is -0.161. The summed E-state index contributed by atoms with van der Waals surface area (Å²) in [6.45, 7) is 6.90. The summed E-state index contributed by atoms with van der Waals surface area (Å²) in [4.78, 5) is 17.4. The number of hydrogen-bond donors (Lipinski definition) is 1. The maximum atomic E-state index is 12.9. The molecular formula is C24H24N4O. The van der Waals surface area contributed by atoms with Gasteiger partial charge >= 0.3 is 0 Å². The number of carbonyl (C=O) groups is 1. The Morgan fingerprint density at radius 1 is 1.07 bits per heavy atom. The van der Waals surface area contributed by atoms with Gasteiger partial charge < -0.3 is 5.32 Å². The van der Waals surface area contributed by atoms with E-state index in [1.165, 1.54) is 0 Å². The highest BCUT2D eigenvalue weighted by molar-refractivity contribution is 6.06. The van der Waals surface area contributed by atoms with Crippen LogP contribution in [0, 0.1) is 6.92 Å². The molecule has 0 spiro atoms. The van der Waals surface area contributed by atoms with Gasteiger partial charge in [0.05, 0.1) is 18.3 Å². The standard InChI is InChI=1S/C24H24N4O/c1-16(2)21-11-7-8-17(3)22(21)27-24(29)20-12-19-14-26-28(23(19)25-13-20)15-18-9-5-4-6-10-18/h4-14,16H,15H2,1-3H3,(H,27,29). The van der Waals surface area contributed by atoms with Gasteiger partial charge in [0, 0.05) is 17.3 Å². The molecule has 2 heterocycles. The van der Waals surface area contributed by atoms with Gasteiger partial charge in [-0.3, -0.25) is 4.79 Å². The lowest BCUT2D eigenvalue weighted by atomic mass is 9.98. The highest BCUT2D eigenvalue weighted by atomic mass is 16.1. The molecule has 1 N–H and O–H groups in total. The van der Waals surface area contributed by atoms with Gasteiger partial charge in [-0.15, -0.1) is 0 Å². The van der Waals surface area contributed by atoms with Crippen molar-refractivity contribution in [2.75, 3.05) is 5.32 Å². The molecule has 146 valence electrons. The molecule has 0 unspecified atom stereocenters. The van der Waals surface area contributed by atoms with E-state index in [-0.39, 0.29) is 5.91 Å². The molecule has 1 amide bonds. The number of carbonyl (C=O) groups excluding carboxylic acids is 1. The Hall–Kier alpha value is -3.47. The van der Waals surface area contributed by atoms with E-state index in [9.17, 15) is 4.79 Å². The summed E-state index contributed by atoms with van der Waals surface area (Å²) in [6.07, 6.45) is 3.38. The second-order valence-corrected chi connectivity index (χ2v) is 7.57. The number of amides is 1. The Labute approximate surface area is 170 Å². The molecule has 5 nitrogen and oxygen atoms in total. The van der Waals surface area contributed by atoms with Crippen LogP contribution >= 0.6 is 0 Å². The van der Waals surface area contributed by atoms with Crippen LogP contribution in [0.2, 0.25) is 0 Å². The fraction of sp³-hybridized carbons (Fsp3) is 0.208. The first-order chi connectivity index (χ1) is 14.0. The molecule has 5 heteroatoms. The van der Waals surface area contributed by atoms with Gasteiger partial charge in [-0.25, -0.2) is 9.67 Å². The molecule has 2 aromatic carbocycles. The van der Waals surface area contributed by atoms with E-state index in [2.05, 4.69) is 47.4 Å². The van der Waals surface area contributed by atoms with Gasteiger partial charge in [0.2, 0.25) is 0 Å². The van der Waals surface area contributed by atoms with Crippen LogP contribution in [-0.2, 0) is 6.54 Å². The van der Waals surface area contributed by atoms with Gasteiger partial charge in [-0.2, -0.15) is 5.10 Å². The van der Waals surface area contributed by atoms with Crippen LogP contribution in [0.15, 0.2) is 67.0 Å². The smallest absolute Gasteiger partial charge is 0.257 e. The van der Waals surface area contributed by atoms with E-state index >= 15 is 0 Å². The van der Waals surface area contributed by atoms with Crippen molar-refractivity contribution in [2.45, 2.75) is 33.2 Å². The van der Waals surface area contributed by atoms with Crippen LogP contribution in [-0.4, -0.2) is 20.7 Å². The number of fused-ring (bicyclic) bond motifs is 1. The maximum absolute atomic E-state index is 12.9. The summed E-state index contributed by atoms with van der Waals surface area (Å²) in [5.41, 5.74) is 5.51. The number of hydrogen-bond acceptors (Lipinski definition) is 3. The normalized spacial score (nSPS) is 11.2. The number of aromatic nitrogens is 3. The number of nitrogens with one attached hydrogen (secondary N) is 1. The van der Waals surface area contributed by atoms with Gasteiger partial charge in [0.25, 0.3) is 5.91 Å². The Balaban J connectivity index is 1.60. The fourth-order valence-electron chi connectivity index (χ4n) is 3.50. The summed E-state index contributed by atoms with van der Waals surface area (Å²) in [7, 11) is 0. The molecule has 0 saturated heterocycles. The summed E-state index contributed by atoms with van der Waals surface area (Å²) in [5.74, 6) is 0.161. The minimum Gasteiger partial charge on any atom is -0.321 e. The van der Waals surface area contributed by atoms with Crippen LogP contribution in [0.5, 0.6) is 0 Å². The van der Waals surface area contributed by atoms with Gasteiger partial charge in [-0.1, -0.05) is 62.4 Å². The average molecular weight is 384 g/mol. The van der Waals surface area contributed by atoms with E-state index < -0.39 is 0 Å². The molecule has 0 aliphatic heterocycles. The van der Waals surface area contributed by atoms with Crippen molar-refractivity contribution >= 4 is 22.6 Å². The molecule has 4 aromatic rings. The predicted molar refractivity (Wildman–Crippen MR) is 116 cm³/mol. The van der Waals surface area contributed by atoms with Crippen molar-refractivity contribution in [3.8, 4) is 0 Å². The largest absolute Gasteiger partial charge is 0.321 e. The third-order valence-electron chi connectivity index (χ3n) is 5.08. The van der Waals surface area contributed by atoms with Crippen LogP contribution in [0.4, 0.5) is 5.69 Å². The average Bonchev–Trinajstić information content (AvgIpc) is 3.12. The van der Waals surface area contributed by atoms with Crippen molar-refractivity contribution in [3.63, 3.8) is 0 Å². The van der Waals surface area contributed by atoms with E-state index in [1.54, 1.807) is 12.4 Å². The monoisotopic (exact) mass is 384 g/mol. The lowest BCUT2D eigenvalue weighted by molar-refractivity contribution is 0.102. The zero-order valence-corrected chi connectivity index (χ0v) is 16.9. The first-order valence-corrected chi connectivity index (χ1v) is 9.79. The Kier molecular flexibility index (Phi) is 5.12. The van der Waals surface area contributed by atoms with Crippen molar-refractivity contribution < 1.29 is 4.79 Å². The van der Waals surface area contributed by atoms with E-state index in [0.717, 1.165) is 33.4 Å². The second-order valence-electron chi connectivity index (χ2n) is 7.57. The molecule has 4 rings (SSSR count). The number of nitrogens with zero attached hydrogens (tertiary/aromatic N) is 3. The maximum Gasteiger partial charge on any atom is 0.257 e. The van der Waals surface area contributed by atoms with Crippen LogP contribution in [0.3, 0.4) is 0 Å². The van der Waals surface area contributed by atoms with Gasteiger partial charge in [-0.05, 0) is 35.6 Å². The van der Waals surface area contributed by atoms with Gasteiger partial charge in [0.1, 0.15) is 0 Å². The third-order valence-corrected chi connectivity index (χ3v) is 5.08. The quantitative estimate of drug-likeness (QED) is 0.517. The van der Waals surface area contributed by atoms with E-state index in [0.29, 0.717) is 18.0 Å². The number of rotatable bonds is 5. The highest BCUT2D eigenvalue weighted by Gasteiger charge is 2.15. The second kappa shape index (κ2) is 7.87. The zero-order valence-electron chi connectivity index (χ0n) is 16.9. The number of anilines is 1. The van der Waals surface area contributed by atoms with Crippen LogP contribution in [0.1, 0.15) is 46.8 Å². The number of para-hydroxylation sites is 1. The molecular weight excluding hydrogens is 360 g/mol. The number of aryl methyl sites for hydroxylation is 1. The number of benzene rings is 2. The lowest BCUT2D eigenvalue weighted by Gasteiger charge is -2.16. The molecule has 2 aromatic heterocycles. The van der Waals surface area contributed by atoms with Crippen LogP contribution in [0.25, 0.3) is 11.0 Å².